The summed E-state index contributed by atoms with van der Waals surface area (Å²) in [4.78, 5) is 0. The SMILES string of the molecule is C(=Cc1ccccc1)Oc1ccccc1.C=CC. The fourth-order valence-electron chi connectivity index (χ4n) is 1.25. The molecule has 0 bridgehead atoms. The largest absolute Gasteiger partial charge is 0.465 e. The van der Waals surface area contributed by atoms with Gasteiger partial charge in [0, 0.05) is 0 Å². The third-order valence-electron chi connectivity index (χ3n) is 2.01. The molecule has 92 valence electrons. The Morgan fingerprint density at radius 3 is 1.94 bits per heavy atom. The zero-order valence-electron chi connectivity index (χ0n) is 10.6. The summed E-state index contributed by atoms with van der Waals surface area (Å²) in [7, 11) is 0. The van der Waals surface area contributed by atoms with E-state index in [4.69, 9.17) is 4.74 Å². The van der Waals surface area contributed by atoms with Crippen molar-refractivity contribution in [1.82, 2.24) is 0 Å². The van der Waals surface area contributed by atoms with Crippen molar-refractivity contribution in [3.8, 4) is 5.75 Å². The molecule has 1 heteroatoms. The monoisotopic (exact) mass is 238 g/mol. The third-order valence-corrected chi connectivity index (χ3v) is 2.01. The zero-order chi connectivity index (χ0) is 13.1. The molecule has 0 saturated heterocycles. The Balaban J connectivity index is 0.000000492. The molecule has 0 atom stereocenters. The molecule has 2 aromatic rings. The summed E-state index contributed by atoms with van der Waals surface area (Å²) in [5, 5.41) is 0. The minimum atomic E-state index is 0.852. The smallest absolute Gasteiger partial charge is 0.126 e. The first kappa shape index (κ1) is 13.8. The first-order valence-corrected chi connectivity index (χ1v) is 5.87. The van der Waals surface area contributed by atoms with Gasteiger partial charge >= 0.3 is 0 Å². The molecule has 0 aromatic heterocycles. The van der Waals surface area contributed by atoms with Gasteiger partial charge in [0.25, 0.3) is 0 Å². The van der Waals surface area contributed by atoms with Gasteiger partial charge in [-0.3, -0.25) is 0 Å². The maximum atomic E-state index is 5.43. The number of para-hydroxylation sites is 1. The number of hydrogen-bond donors (Lipinski definition) is 0. The van der Waals surface area contributed by atoms with Crippen molar-refractivity contribution in [1.29, 1.82) is 0 Å². The van der Waals surface area contributed by atoms with Crippen LogP contribution in [0.1, 0.15) is 12.5 Å². The summed E-state index contributed by atoms with van der Waals surface area (Å²) in [5.41, 5.74) is 1.13. The van der Waals surface area contributed by atoms with Crippen LogP contribution in [-0.2, 0) is 0 Å². The molecule has 0 unspecified atom stereocenters. The van der Waals surface area contributed by atoms with E-state index in [-0.39, 0.29) is 0 Å². The molecule has 0 spiro atoms. The summed E-state index contributed by atoms with van der Waals surface area (Å²) in [6.45, 7) is 5.25. The van der Waals surface area contributed by atoms with Gasteiger partial charge in [0.1, 0.15) is 5.75 Å². The highest BCUT2D eigenvalue weighted by Crippen LogP contribution is 2.09. The van der Waals surface area contributed by atoms with Gasteiger partial charge in [0.2, 0.25) is 0 Å². The lowest BCUT2D eigenvalue weighted by Crippen LogP contribution is -1.80. The second-order valence-electron chi connectivity index (χ2n) is 3.55. The van der Waals surface area contributed by atoms with Crippen molar-refractivity contribution >= 4 is 6.08 Å². The molecule has 0 N–H and O–H groups in total. The maximum Gasteiger partial charge on any atom is 0.126 e. The minimum Gasteiger partial charge on any atom is -0.465 e. The first-order chi connectivity index (χ1) is 8.86. The molecular formula is C17H18O. The van der Waals surface area contributed by atoms with E-state index in [0.29, 0.717) is 0 Å². The van der Waals surface area contributed by atoms with Crippen LogP contribution < -0.4 is 4.74 Å². The van der Waals surface area contributed by atoms with Gasteiger partial charge < -0.3 is 4.74 Å². The van der Waals surface area contributed by atoms with Gasteiger partial charge in [0.05, 0.1) is 6.26 Å². The van der Waals surface area contributed by atoms with E-state index in [9.17, 15) is 0 Å². The molecule has 0 radical (unpaired) electrons. The van der Waals surface area contributed by atoms with Gasteiger partial charge in [-0.15, -0.1) is 6.58 Å². The highest BCUT2D eigenvalue weighted by atomic mass is 16.5. The predicted molar refractivity (Wildman–Crippen MR) is 78.4 cm³/mol. The van der Waals surface area contributed by atoms with E-state index in [1.807, 2.05) is 73.7 Å². The van der Waals surface area contributed by atoms with Crippen molar-refractivity contribution in [3.63, 3.8) is 0 Å². The van der Waals surface area contributed by atoms with E-state index in [1.165, 1.54) is 0 Å². The number of allylic oxidation sites excluding steroid dienone is 1. The summed E-state index contributed by atoms with van der Waals surface area (Å²) in [6.07, 6.45) is 5.39. The Morgan fingerprint density at radius 2 is 1.39 bits per heavy atom. The second kappa shape index (κ2) is 8.82. The van der Waals surface area contributed by atoms with E-state index in [2.05, 4.69) is 6.58 Å². The molecule has 0 aliphatic carbocycles. The van der Waals surface area contributed by atoms with Crippen LogP contribution in [0, 0.1) is 0 Å². The second-order valence-corrected chi connectivity index (χ2v) is 3.55. The number of benzene rings is 2. The molecule has 18 heavy (non-hydrogen) atoms. The van der Waals surface area contributed by atoms with E-state index < -0.39 is 0 Å². The number of ether oxygens (including phenoxy) is 1. The van der Waals surface area contributed by atoms with Gasteiger partial charge in [-0.2, -0.15) is 0 Å². The van der Waals surface area contributed by atoms with Gasteiger partial charge in [-0.25, -0.2) is 0 Å². The van der Waals surface area contributed by atoms with Crippen molar-refractivity contribution in [3.05, 3.63) is 85.1 Å². The topological polar surface area (TPSA) is 9.23 Å². The molecule has 0 fully saturated rings. The van der Waals surface area contributed by atoms with E-state index in [0.717, 1.165) is 11.3 Å². The average molecular weight is 238 g/mol. The van der Waals surface area contributed by atoms with Crippen LogP contribution in [0.15, 0.2) is 79.6 Å². The fraction of sp³-hybridized carbons (Fsp3) is 0.0588. The van der Waals surface area contributed by atoms with E-state index in [1.54, 1.807) is 12.3 Å². The highest BCUT2D eigenvalue weighted by molar-refractivity contribution is 5.48. The molecule has 0 heterocycles. The Kier molecular flexibility index (Phi) is 6.76. The number of hydrogen-bond acceptors (Lipinski definition) is 1. The van der Waals surface area contributed by atoms with Crippen molar-refractivity contribution in [2.45, 2.75) is 6.92 Å². The fourth-order valence-corrected chi connectivity index (χ4v) is 1.25. The zero-order valence-corrected chi connectivity index (χ0v) is 10.6. The highest BCUT2D eigenvalue weighted by Gasteiger charge is 1.86. The van der Waals surface area contributed by atoms with Gasteiger partial charge in [0.15, 0.2) is 0 Å². The predicted octanol–water partition coefficient (Wildman–Crippen LogP) is 4.93. The van der Waals surface area contributed by atoms with Gasteiger partial charge in [-0.1, -0.05) is 54.6 Å². The summed E-state index contributed by atoms with van der Waals surface area (Å²) in [5.74, 6) is 0.852. The molecular weight excluding hydrogens is 220 g/mol. The maximum absolute atomic E-state index is 5.43. The van der Waals surface area contributed by atoms with Crippen molar-refractivity contribution in [2.24, 2.45) is 0 Å². The van der Waals surface area contributed by atoms with Crippen LogP contribution in [0.25, 0.3) is 6.08 Å². The quantitative estimate of drug-likeness (QED) is 0.544. The lowest BCUT2D eigenvalue weighted by Gasteiger charge is -1.98. The van der Waals surface area contributed by atoms with Crippen LogP contribution >= 0.6 is 0 Å². The lowest BCUT2D eigenvalue weighted by atomic mass is 10.2. The van der Waals surface area contributed by atoms with Crippen LogP contribution in [0.4, 0.5) is 0 Å². The Labute approximate surface area is 109 Å². The summed E-state index contributed by atoms with van der Waals surface area (Å²) < 4.78 is 5.43. The standard InChI is InChI=1S/C14H12O.C3H6/c1-3-7-13(8-4-1)11-12-15-14-9-5-2-6-10-14;1-3-2/h1-12H;3H,1H2,2H3. The first-order valence-electron chi connectivity index (χ1n) is 5.87. The molecule has 2 aromatic carbocycles. The molecule has 0 aliphatic heterocycles. The molecule has 0 saturated carbocycles. The number of rotatable bonds is 3. The molecule has 0 aliphatic rings. The molecule has 0 amide bonds. The lowest BCUT2D eigenvalue weighted by molar-refractivity contribution is 0.485. The minimum absolute atomic E-state index is 0.852. The average Bonchev–Trinajstić information content (AvgIpc) is 2.42. The van der Waals surface area contributed by atoms with Crippen molar-refractivity contribution in [2.75, 3.05) is 0 Å². The Hall–Kier alpha value is -2.28. The summed E-state index contributed by atoms with van der Waals surface area (Å²) in [6, 6.07) is 19.8. The van der Waals surface area contributed by atoms with Crippen LogP contribution in [0.2, 0.25) is 0 Å². The van der Waals surface area contributed by atoms with Crippen LogP contribution in [0.5, 0.6) is 5.75 Å². The van der Waals surface area contributed by atoms with Crippen molar-refractivity contribution < 1.29 is 4.74 Å². The Bertz CT molecular complexity index is 457. The summed E-state index contributed by atoms with van der Waals surface area (Å²) >= 11 is 0. The van der Waals surface area contributed by atoms with Gasteiger partial charge in [-0.05, 0) is 30.7 Å². The third kappa shape index (κ3) is 5.71. The van der Waals surface area contributed by atoms with Crippen LogP contribution in [-0.4, -0.2) is 0 Å². The molecule has 1 nitrogen and oxygen atoms in total. The Morgan fingerprint density at radius 1 is 0.889 bits per heavy atom. The molecule has 2 rings (SSSR count). The van der Waals surface area contributed by atoms with Crippen LogP contribution in [0.3, 0.4) is 0 Å². The van der Waals surface area contributed by atoms with E-state index >= 15 is 0 Å². The normalized spacial score (nSPS) is 9.39.